The highest BCUT2D eigenvalue weighted by atomic mass is 32.2. The summed E-state index contributed by atoms with van der Waals surface area (Å²) in [6, 6.07) is 6.37. The minimum atomic E-state index is -1.26. The van der Waals surface area contributed by atoms with Crippen molar-refractivity contribution < 1.29 is 24.2 Å². The zero-order chi connectivity index (χ0) is 15.5. The van der Waals surface area contributed by atoms with Gasteiger partial charge in [-0.2, -0.15) is 0 Å². The van der Waals surface area contributed by atoms with E-state index in [0.717, 1.165) is 11.0 Å². The number of hydrogen-bond donors (Lipinski definition) is 0. The SMILES string of the molecule is C.C.C=C.C=CC(=O)OOC(=O)C(=O)c1ccc(SC)cc1. The summed E-state index contributed by atoms with van der Waals surface area (Å²) in [4.78, 5) is 42.4. The van der Waals surface area contributed by atoms with E-state index in [1.807, 2.05) is 6.26 Å². The molecule has 0 heterocycles. The third kappa shape index (κ3) is 8.06. The molecule has 0 spiro atoms. The molecule has 0 radical (unpaired) electrons. The molecular weight excluding hydrogens is 304 g/mol. The molecule has 5 nitrogen and oxygen atoms in total. The molecule has 1 aromatic rings. The zero-order valence-corrected chi connectivity index (χ0v) is 11.8. The first-order valence-corrected chi connectivity index (χ1v) is 6.54. The van der Waals surface area contributed by atoms with Crippen LogP contribution in [0.1, 0.15) is 25.2 Å². The van der Waals surface area contributed by atoms with E-state index in [1.54, 1.807) is 12.1 Å². The average Bonchev–Trinajstić information content (AvgIpc) is 2.53. The van der Waals surface area contributed by atoms with Crippen LogP contribution in [0.4, 0.5) is 0 Å². The first-order valence-electron chi connectivity index (χ1n) is 5.32. The Kier molecular flexibility index (Phi) is 15.3. The number of carbonyl (C=O) groups excluding carboxylic acids is 3. The molecule has 122 valence electrons. The van der Waals surface area contributed by atoms with Gasteiger partial charge in [0.2, 0.25) is 0 Å². The van der Waals surface area contributed by atoms with Crippen molar-refractivity contribution in [2.24, 2.45) is 0 Å². The molecule has 0 saturated carbocycles. The molecule has 1 aromatic carbocycles. The minimum Gasteiger partial charge on any atom is -0.281 e. The van der Waals surface area contributed by atoms with Gasteiger partial charge in [0, 0.05) is 16.5 Å². The van der Waals surface area contributed by atoms with Crippen LogP contribution < -0.4 is 0 Å². The van der Waals surface area contributed by atoms with E-state index in [0.29, 0.717) is 0 Å². The van der Waals surface area contributed by atoms with Gasteiger partial charge in [0.05, 0.1) is 0 Å². The number of thioether (sulfide) groups is 1. The summed E-state index contributed by atoms with van der Waals surface area (Å²) in [5.74, 6) is -3.10. The van der Waals surface area contributed by atoms with E-state index in [2.05, 4.69) is 29.5 Å². The van der Waals surface area contributed by atoms with Crippen molar-refractivity contribution in [2.75, 3.05) is 6.26 Å². The highest BCUT2D eigenvalue weighted by Crippen LogP contribution is 2.15. The lowest BCUT2D eigenvalue weighted by molar-refractivity contribution is -0.249. The summed E-state index contributed by atoms with van der Waals surface area (Å²) in [5, 5.41) is 0. The summed E-state index contributed by atoms with van der Waals surface area (Å²) in [5.41, 5.74) is 0.160. The highest BCUT2D eigenvalue weighted by Gasteiger charge is 2.20. The van der Waals surface area contributed by atoms with Crippen molar-refractivity contribution in [1.82, 2.24) is 0 Å². The normalized spacial score (nSPS) is 7.86. The average molecular weight is 326 g/mol. The van der Waals surface area contributed by atoms with Gasteiger partial charge in [-0.25, -0.2) is 19.4 Å². The summed E-state index contributed by atoms with van der Waals surface area (Å²) in [6.45, 7) is 9.11. The fourth-order valence-corrected chi connectivity index (χ4v) is 1.42. The first-order chi connectivity index (χ1) is 9.58. The van der Waals surface area contributed by atoms with Crippen molar-refractivity contribution in [2.45, 2.75) is 19.7 Å². The highest BCUT2D eigenvalue weighted by molar-refractivity contribution is 7.98. The van der Waals surface area contributed by atoms with Crippen molar-refractivity contribution in [3.63, 3.8) is 0 Å². The van der Waals surface area contributed by atoms with Crippen molar-refractivity contribution in [3.8, 4) is 0 Å². The third-order valence-electron chi connectivity index (χ3n) is 1.90. The fraction of sp³-hybridized carbons (Fsp3) is 0.188. The fourth-order valence-electron chi connectivity index (χ4n) is 1.01. The lowest BCUT2D eigenvalue weighted by Crippen LogP contribution is -2.19. The summed E-state index contributed by atoms with van der Waals surface area (Å²) in [6.07, 6.45) is 2.70. The van der Waals surface area contributed by atoms with E-state index in [1.165, 1.54) is 23.9 Å². The van der Waals surface area contributed by atoms with E-state index in [4.69, 9.17) is 0 Å². The van der Waals surface area contributed by atoms with Gasteiger partial charge in [0.25, 0.3) is 5.78 Å². The number of rotatable bonds is 4. The number of carbonyl (C=O) groups is 3. The molecule has 22 heavy (non-hydrogen) atoms. The Morgan fingerprint density at radius 3 is 1.95 bits per heavy atom. The van der Waals surface area contributed by atoms with E-state index in [-0.39, 0.29) is 20.4 Å². The summed E-state index contributed by atoms with van der Waals surface area (Å²) in [7, 11) is 0. The largest absolute Gasteiger partial charge is 0.426 e. The zero-order valence-electron chi connectivity index (χ0n) is 11.0. The van der Waals surface area contributed by atoms with Crippen LogP contribution >= 0.6 is 11.8 Å². The monoisotopic (exact) mass is 326 g/mol. The Morgan fingerprint density at radius 2 is 1.55 bits per heavy atom. The van der Waals surface area contributed by atoms with Gasteiger partial charge in [-0.15, -0.1) is 24.9 Å². The topological polar surface area (TPSA) is 69.7 Å². The van der Waals surface area contributed by atoms with Crippen LogP contribution in [0.15, 0.2) is 55.0 Å². The Hall–Kier alpha value is -2.34. The van der Waals surface area contributed by atoms with Gasteiger partial charge in [0.15, 0.2) is 0 Å². The second kappa shape index (κ2) is 13.6. The molecule has 0 saturated heterocycles. The van der Waals surface area contributed by atoms with Crippen LogP contribution in [0.3, 0.4) is 0 Å². The number of hydrogen-bond acceptors (Lipinski definition) is 6. The number of ketones is 1. The number of Topliss-reactive ketones (excluding diaryl/α,β-unsaturated/α-hetero) is 1. The van der Waals surface area contributed by atoms with Crippen LogP contribution in [-0.2, 0) is 19.4 Å². The van der Waals surface area contributed by atoms with Crippen LogP contribution in [-0.4, -0.2) is 24.0 Å². The maximum absolute atomic E-state index is 11.5. The van der Waals surface area contributed by atoms with Crippen molar-refractivity contribution in [1.29, 1.82) is 0 Å². The third-order valence-corrected chi connectivity index (χ3v) is 2.65. The van der Waals surface area contributed by atoms with Crippen LogP contribution in [0.2, 0.25) is 0 Å². The first kappa shape index (κ1) is 24.7. The van der Waals surface area contributed by atoms with Crippen molar-refractivity contribution in [3.05, 3.63) is 55.6 Å². The second-order valence-corrected chi connectivity index (χ2v) is 3.91. The molecule has 0 aliphatic carbocycles. The molecule has 0 unspecified atom stereocenters. The molecule has 0 aromatic heterocycles. The lowest BCUT2D eigenvalue weighted by atomic mass is 10.1. The molecule has 0 aliphatic heterocycles. The molecule has 0 bridgehead atoms. The predicted octanol–water partition coefficient (Wildman–Crippen LogP) is 3.85. The standard InChI is InChI=1S/C12H10O5S.C2H4.2CH4/c1-3-10(13)16-17-12(15)11(14)8-4-6-9(18-2)7-5-8;1-2;;/h3-7H,1H2,2H3;1-2H2;2*1H4. The molecule has 6 heteroatoms. The quantitative estimate of drug-likeness (QED) is 0.159. The molecule has 0 amide bonds. The van der Waals surface area contributed by atoms with E-state index in [9.17, 15) is 14.4 Å². The molecule has 0 atom stereocenters. The van der Waals surface area contributed by atoms with Crippen LogP contribution in [0.25, 0.3) is 0 Å². The maximum atomic E-state index is 11.5. The second-order valence-electron chi connectivity index (χ2n) is 3.03. The summed E-state index contributed by atoms with van der Waals surface area (Å²) < 4.78 is 0. The molecule has 0 N–H and O–H groups in total. The van der Waals surface area contributed by atoms with Gasteiger partial charge in [0.1, 0.15) is 0 Å². The van der Waals surface area contributed by atoms with Gasteiger partial charge < -0.3 is 0 Å². The molecule has 0 aliphatic rings. The van der Waals surface area contributed by atoms with E-state index >= 15 is 0 Å². The Morgan fingerprint density at radius 1 is 1.05 bits per heavy atom. The lowest BCUT2D eigenvalue weighted by Gasteiger charge is -2.01. The van der Waals surface area contributed by atoms with Gasteiger partial charge in [-0.05, 0) is 30.5 Å². The van der Waals surface area contributed by atoms with Gasteiger partial charge in [-0.1, -0.05) is 21.4 Å². The molecule has 1 rings (SSSR count). The van der Waals surface area contributed by atoms with Crippen molar-refractivity contribution >= 4 is 29.5 Å². The minimum absolute atomic E-state index is 0. The maximum Gasteiger partial charge on any atom is 0.426 e. The molecule has 0 fully saturated rings. The summed E-state index contributed by atoms with van der Waals surface area (Å²) >= 11 is 1.51. The Balaban J connectivity index is -0.000000864. The Labute approximate surface area is 135 Å². The van der Waals surface area contributed by atoms with Gasteiger partial charge in [-0.3, -0.25) is 4.79 Å². The van der Waals surface area contributed by atoms with Crippen LogP contribution in [0.5, 0.6) is 0 Å². The predicted molar refractivity (Wildman–Crippen MR) is 89.7 cm³/mol. The molecular formula is C16H22O5S. The smallest absolute Gasteiger partial charge is 0.281 e. The van der Waals surface area contributed by atoms with Crippen LogP contribution in [0, 0.1) is 0 Å². The Bertz CT molecular complexity index is 494. The van der Waals surface area contributed by atoms with E-state index < -0.39 is 17.7 Å². The van der Waals surface area contributed by atoms with Gasteiger partial charge >= 0.3 is 11.9 Å². The number of benzene rings is 1.